The molecule has 2 heteroatoms. The van der Waals surface area contributed by atoms with Crippen molar-refractivity contribution in [2.45, 2.75) is 52.9 Å². The quantitative estimate of drug-likeness (QED) is 0.597. The molecule has 0 heterocycles. The van der Waals surface area contributed by atoms with Gasteiger partial charge in [0.2, 0.25) is 5.92 Å². The molecule has 0 radical (unpaired) electrons. The molecule has 1 fully saturated rings. The molecule has 74 valence electrons. The predicted molar refractivity (Wildman–Crippen MR) is 48.5 cm³/mol. The number of halogens is 2. The molecule has 0 spiro atoms. The van der Waals surface area contributed by atoms with E-state index in [1.54, 1.807) is 0 Å². The Morgan fingerprint density at radius 2 is 1.67 bits per heavy atom. The van der Waals surface area contributed by atoms with E-state index in [0.717, 1.165) is 26.2 Å². The Hall–Kier alpha value is -0.140. The molecule has 0 aliphatic heterocycles. The standard InChI is InChI=1S/C8H14F2.C2H6/c1-3-6-4-7(5-6)8(2,9)10;1-2/h6-7H,3-5H2,1-2H3;1-2H3. The van der Waals surface area contributed by atoms with E-state index in [9.17, 15) is 8.78 Å². The Morgan fingerprint density at radius 3 is 1.92 bits per heavy atom. The molecule has 0 aromatic carbocycles. The minimum atomic E-state index is -2.42. The van der Waals surface area contributed by atoms with Crippen LogP contribution in [0.1, 0.15) is 47.0 Å². The molecule has 0 bridgehead atoms. The maximum absolute atomic E-state index is 12.5. The first-order valence-corrected chi connectivity index (χ1v) is 4.91. The van der Waals surface area contributed by atoms with E-state index in [2.05, 4.69) is 6.92 Å². The average Bonchev–Trinajstić information content (AvgIpc) is 1.87. The summed E-state index contributed by atoms with van der Waals surface area (Å²) in [5.41, 5.74) is 0. The first-order chi connectivity index (χ1) is 5.54. The third-order valence-corrected chi connectivity index (χ3v) is 2.53. The molecule has 1 aliphatic rings. The van der Waals surface area contributed by atoms with Crippen LogP contribution < -0.4 is 0 Å². The van der Waals surface area contributed by atoms with Gasteiger partial charge in [0.05, 0.1) is 0 Å². The molecular weight excluding hydrogens is 158 g/mol. The van der Waals surface area contributed by atoms with Crippen molar-refractivity contribution in [3.63, 3.8) is 0 Å². The number of alkyl halides is 2. The van der Waals surface area contributed by atoms with E-state index in [1.165, 1.54) is 0 Å². The number of hydrogen-bond acceptors (Lipinski definition) is 0. The van der Waals surface area contributed by atoms with Crippen molar-refractivity contribution in [2.24, 2.45) is 11.8 Å². The van der Waals surface area contributed by atoms with Gasteiger partial charge in [-0.05, 0) is 25.7 Å². The lowest BCUT2D eigenvalue weighted by molar-refractivity contribution is -0.0903. The van der Waals surface area contributed by atoms with Crippen molar-refractivity contribution in [1.82, 2.24) is 0 Å². The maximum atomic E-state index is 12.5. The number of rotatable bonds is 2. The highest BCUT2D eigenvalue weighted by atomic mass is 19.3. The van der Waals surface area contributed by atoms with Gasteiger partial charge in [0, 0.05) is 5.92 Å². The fourth-order valence-corrected chi connectivity index (χ4v) is 1.48. The summed E-state index contributed by atoms with van der Waals surface area (Å²) in [6.07, 6.45) is 2.53. The third-order valence-electron chi connectivity index (χ3n) is 2.53. The van der Waals surface area contributed by atoms with E-state index >= 15 is 0 Å². The second kappa shape index (κ2) is 4.78. The van der Waals surface area contributed by atoms with Gasteiger partial charge in [-0.1, -0.05) is 27.2 Å². The van der Waals surface area contributed by atoms with Gasteiger partial charge in [-0.3, -0.25) is 0 Å². The van der Waals surface area contributed by atoms with Crippen LogP contribution in [0.2, 0.25) is 0 Å². The van der Waals surface area contributed by atoms with Gasteiger partial charge < -0.3 is 0 Å². The summed E-state index contributed by atoms with van der Waals surface area (Å²) in [4.78, 5) is 0. The van der Waals surface area contributed by atoms with Gasteiger partial charge in [0.25, 0.3) is 0 Å². The molecule has 1 saturated carbocycles. The minimum Gasteiger partial charge on any atom is -0.207 e. The molecule has 12 heavy (non-hydrogen) atoms. The van der Waals surface area contributed by atoms with E-state index in [4.69, 9.17) is 0 Å². The fourth-order valence-electron chi connectivity index (χ4n) is 1.48. The summed E-state index contributed by atoms with van der Waals surface area (Å²) in [5, 5.41) is 0. The maximum Gasteiger partial charge on any atom is 0.248 e. The zero-order valence-electron chi connectivity index (χ0n) is 8.53. The molecule has 0 amide bonds. The lowest BCUT2D eigenvalue weighted by Crippen LogP contribution is -2.36. The average molecular weight is 178 g/mol. The van der Waals surface area contributed by atoms with Crippen LogP contribution in [0.5, 0.6) is 0 Å². The van der Waals surface area contributed by atoms with Crippen molar-refractivity contribution in [3.8, 4) is 0 Å². The van der Waals surface area contributed by atoms with E-state index in [-0.39, 0.29) is 5.92 Å². The first-order valence-electron chi connectivity index (χ1n) is 4.91. The monoisotopic (exact) mass is 178 g/mol. The van der Waals surface area contributed by atoms with Gasteiger partial charge in [0.15, 0.2) is 0 Å². The largest absolute Gasteiger partial charge is 0.248 e. The smallest absolute Gasteiger partial charge is 0.207 e. The predicted octanol–water partition coefficient (Wildman–Crippen LogP) is 4.10. The van der Waals surface area contributed by atoms with Crippen molar-refractivity contribution >= 4 is 0 Å². The van der Waals surface area contributed by atoms with E-state index in [0.29, 0.717) is 5.92 Å². The van der Waals surface area contributed by atoms with Crippen molar-refractivity contribution in [3.05, 3.63) is 0 Å². The van der Waals surface area contributed by atoms with Crippen LogP contribution in [0, 0.1) is 11.8 Å². The fraction of sp³-hybridized carbons (Fsp3) is 1.00. The normalized spacial score (nSPS) is 28.5. The highest BCUT2D eigenvalue weighted by molar-refractivity contribution is 4.85. The van der Waals surface area contributed by atoms with Crippen LogP contribution in [0.15, 0.2) is 0 Å². The lowest BCUT2D eigenvalue weighted by atomic mass is 9.71. The lowest BCUT2D eigenvalue weighted by Gasteiger charge is -2.38. The zero-order valence-corrected chi connectivity index (χ0v) is 8.53. The first kappa shape index (κ1) is 11.9. The minimum absolute atomic E-state index is 0.322. The molecule has 0 atom stereocenters. The highest BCUT2D eigenvalue weighted by Gasteiger charge is 2.42. The molecule has 0 aromatic heterocycles. The van der Waals surface area contributed by atoms with Gasteiger partial charge in [-0.2, -0.15) is 0 Å². The summed E-state index contributed by atoms with van der Waals surface area (Å²) >= 11 is 0. The number of hydrogen-bond donors (Lipinski definition) is 0. The molecular formula is C10H20F2. The van der Waals surface area contributed by atoms with E-state index < -0.39 is 5.92 Å². The second-order valence-electron chi connectivity index (χ2n) is 3.40. The van der Waals surface area contributed by atoms with Crippen LogP contribution in [0.25, 0.3) is 0 Å². The summed E-state index contributed by atoms with van der Waals surface area (Å²) in [7, 11) is 0. The van der Waals surface area contributed by atoms with E-state index in [1.807, 2.05) is 13.8 Å². The SMILES string of the molecule is CC.CCC1CC(C(C)(F)F)C1. The Bertz CT molecular complexity index is 109. The van der Waals surface area contributed by atoms with Gasteiger partial charge in [0.1, 0.15) is 0 Å². The molecule has 0 unspecified atom stereocenters. The second-order valence-corrected chi connectivity index (χ2v) is 3.40. The van der Waals surface area contributed by atoms with Crippen LogP contribution in [-0.2, 0) is 0 Å². The molecule has 0 aromatic rings. The molecule has 0 nitrogen and oxygen atoms in total. The topological polar surface area (TPSA) is 0 Å². The van der Waals surface area contributed by atoms with Crippen molar-refractivity contribution < 1.29 is 8.78 Å². The Morgan fingerprint density at radius 1 is 1.25 bits per heavy atom. The van der Waals surface area contributed by atoms with Gasteiger partial charge >= 0.3 is 0 Å². The van der Waals surface area contributed by atoms with Crippen LogP contribution >= 0.6 is 0 Å². The Kier molecular flexibility index (Phi) is 4.73. The molecule has 1 aliphatic carbocycles. The van der Waals surface area contributed by atoms with Gasteiger partial charge in [-0.15, -0.1) is 0 Å². The van der Waals surface area contributed by atoms with Crippen LogP contribution in [-0.4, -0.2) is 5.92 Å². The van der Waals surface area contributed by atoms with Crippen molar-refractivity contribution in [2.75, 3.05) is 0 Å². The summed E-state index contributed by atoms with van der Waals surface area (Å²) < 4.78 is 25.0. The van der Waals surface area contributed by atoms with Crippen LogP contribution in [0.3, 0.4) is 0 Å². The summed E-state index contributed by atoms with van der Waals surface area (Å²) in [5.74, 6) is -2.17. The Labute approximate surface area is 74.4 Å². The molecule has 0 N–H and O–H groups in total. The summed E-state index contributed by atoms with van der Waals surface area (Å²) in [6.45, 7) is 7.10. The highest BCUT2D eigenvalue weighted by Crippen LogP contribution is 2.44. The van der Waals surface area contributed by atoms with Crippen molar-refractivity contribution in [1.29, 1.82) is 0 Å². The summed E-state index contributed by atoms with van der Waals surface area (Å²) in [6, 6.07) is 0. The van der Waals surface area contributed by atoms with Crippen LogP contribution in [0.4, 0.5) is 8.78 Å². The van der Waals surface area contributed by atoms with Gasteiger partial charge in [-0.25, -0.2) is 8.78 Å². The third kappa shape index (κ3) is 3.08. The molecule has 0 saturated heterocycles. The zero-order chi connectivity index (χ0) is 9.78. The Balaban J connectivity index is 0.000000561. The molecule has 1 rings (SSSR count).